The van der Waals surface area contributed by atoms with E-state index in [4.69, 9.17) is 4.74 Å². The van der Waals surface area contributed by atoms with Crippen LogP contribution in [0.1, 0.15) is 27.3 Å². The molecule has 21 heavy (non-hydrogen) atoms. The Hall–Kier alpha value is -2.30. The summed E-state index contributed by atoms with van der Waals surface area (Å²) in [6.45, 7) is 4.25. The van der Waals surface area contributed by atoms with Crippen molar-refractivity contribution in [3.8, 4) is 5.75 Å². The van der Waals surface area contributed by atoms with E-state index >= 15 is 0 Å². The van der Waals surface area contributed by atoms with Crippen LogP contribution in [0.4, 0.5) is 0 Å². The maximum Gasteiger partial charge on any atom is 0.255 e. The first kappa shape index (κ1) is 13.7. The minimum Gasteiger partial charge on any atom is -0.488 e. The van der Waals surface area contributed by atoms with Crippen molar-refractivity contribution in [1.29, 1.82) is 0 Å². The van der Waals surface area contributed by atoms with Gasteiger partial charge in [0.1, 0.15) is 11.9 Å². The Morgan fingerprint density at radius 2 is 2.19 bits per heavy atom. The lowest BCUT2D eigenvalue weighted by Crippen LogP contribution is -2.34. The van der Waals surface area contributed by atoms with Gasteiger partial charge in [0.2, 0.25) is 0 Å². The highest BCUT2D eigenvalue weighted by atomic mass is 16.5. The van der Waals surface area contributed by atoms with Crippen molar-refractivity contribution in [3.63, 3.8) is 0 Å². The highest BCUT2D eigenvalue weighted by Gasteiger charge is 2.24. The molecule has 0 saturated heterocycles. The van der Waals surface area contributed by atoms with E-state index in [0.717, 1.165) is 23.6 Å². The summed E-state index contributed by atoms with van der Waals surface area (Å²) < 4.78 is 7.55. The van der Waals surface area contributed by atoms with E-state index in [1.165, 1.54) is 5.56 Å². The van der Waals surface area contributed by atoms with Gasteiger partial charge in [-0.05, 0) is 25.5 Å². The SMILES string of the molecule is Cc1nn(C)c(C)c1C(=O)NC[C@H]1Cc2ccccc2O1. The van der Waals surface area contributed by atoms with Gasteiger partial charge in [-0.15, -0.1) is 0 Å². The average Bonchev–Trinajstić information content (AvgIpc) is 2.97. The van der Waals surface area contributed by atoms with Crippen LogP contribution >= 0.6 is 0 Å². The number of rotatable bonds is 3. The predicted molar refractivity (Wildman–Crippen MR) is 79.6 cm³/mol. The molecule has 0 bridgehead atoms. The quantitative estimate of drug-likeness (QED) is 0.935. The maximum atomic E-state index is 12.3. The molecule has 0 saturated carbocycles. The number of hydrogen-bond acceptors (Lipinski definition) is 3. The van der Waals surface area contributed by atoms with E-state index in [0.29, 0.717) is 12.1 Å². The third-order valence-corrected chi connectivity index (χ3v) is 3.94. The average molecular weight is 285 g/mol. The van der Waals surface area contributed by atoms with Crippen LogP contribution in [-0.2, 0) is 13.5 Å². The summed E-state index contributed by atoms with van der Waals surface area (Å²) >= 11 is 0. The van der Waals surface area contributed by atoms with Gasteiger partial charge < -0.3 is 10.1 Å². The zero-order valence-corrected chi connectivity index (χ0v) is 12.5. The zero-order chi connectivity index (χ0) is 15.0. The topological polar surface area (TPSA) is 56.2 Å². The Morgan fingerprint density at radius 3 is 2.86 bits per heavy atom. The highest BCUT2D eigenvalue weighted by Crippen LogP contribution is 2.27. The Bertz CT molecular complexity index is 666. The molecule has 1 aromatic carbocycles. The molecule has 1 N–H and O–H groups in total. The van der Waals surface area contributed by atoms with Gasteiger partial charge in [-0.2, -0.15) is 5.10 Å². The number of ether oxygens (including phenoxy) is 1. The van der Waals surface area contributed by atoms with Gasteiger partial charge in [-0.3, -0.25) is 9.48 Å². The van der Waals surface area contributed by atoms with Crippen LogP contribution in [0.25, 0.3) is 0 Å². The first-order valence-electron chi connectivity index (χ1n) is 7.09. The summed E-state index contributed by atoms with van der Waals surface area (Å²) in [7, 11) is 1.84. The van der Waals surface area contributed by atoms with Crippen LogP contribution in [0.3, 0.4) is 0 Å². The lowest BCUT2D eigenvalue weighted by molar-refractivity contribution is 0.0932. The molecule has 0 unspecified atom stereocenters. The molecule has 5 heteroatoms. The molecule has 1 aliphatic rings. The van der Waals surface area contributed by atoms with Crippen LogP contribution < -0.4 is 10.1 Å². The number of nitrogens with zero attached hydrogens (tertiary/aromatic N) is 2. The number of carbonyl (C=O) groups is 1. The summed E-state index contributed by atoms with van der Waals surface area (Å²) in [5.41, 5.74) is 3.49. The second kappa shape index (κ2) is 5.24. The molecule has 5 nitrogen and oxygen atoms in total. The lowest BCUT2D eigenvalue weighted by Gasteiger charge is -2.12. The van der Waals surface area contributed by atoms with Gasteiger partial charge in [0.15, 0.2) is 0 Å². The fraction of sp³-hybridized carbons (Fsp3) is 0.375. The highest BCUT2D eigenvalue weighted by molar-refractivity contribution is 5.96. The third-order valence-electron chi connectivity index (χ3n) is 3.94. The summed E-state index contributed by atoms with van der Waals surface area (Å²) in [6, 6.07) is 7.99. The van der Waals surface area contributed by atoms with Crippen molar-refractivity contribution >= 4 is 5.91 Å². The van der Waals surface area contributed by atoms with E-state index in [9.17, 15) is 4.79 Å². The Labute approximate surface area is 123 Å². The maximum absolute atomic E-state index is 12.3. The van der Waals surface area contributed by atoms with Crippen molar-refractivity contribution in [1.82, 2.24) is 15.1 Å². The molecule has 0 aliphatic carbocycles. The van der Waals surface area contributed by atoms with E-state index in [1.807, 2.05) is 39.1 Å². The van der Waals surface area contributed by atoms with Crippen LogP contribution in [0.15, 0.2) is 24.3 Å². The van der Waals surface area contributed by atoms with Crippen LogP contribution in [-0.4, -0.2) is 28.3 Å². The molecule has 0 radical (unpaired) electrons. The fourth-order valence-electron chi connectivity index (χ4n) is 2.76. The predicted octanol–water partition coefficient (Wildman–Crippen LogP) is 1.77. The molecule has 1 aliphatic heterocycles. The summed E-state index contributed by atoms with van der Waals surface area (Å²) in [4.78, 5) is 12.3. The largest absolute Gasteiger partial charge is 0.488 e. The van der Waals surface area contributed by atoms with Gasteiger partial charge >= 0.3 is 0 Å². The van der Waals surface area contributed by atoms with E-state index in [1.54, 1.807) is 4.68 Å². The standard InChI is InChI=1S/C16H19N3O2/c1-10-15(11(2)19(3)18-10)16(20)17-9-13-8-12-6-4-5-7-14(12)21-13/h4-7,13H,8-9H2,1-3H3,(H,17,20)/t13-/m1/s1. The van der Waals surface area contributed by atoms with Gasteiger partial charge in [0.05, 0.1) is 17.8 Å². The smallest absolute Gasteiger partial charge is 0.255 e. The van der Waals surface area contributed by atoms with Crippen molar-refractivity contribution in [2.75, 3.05) is 6.54 Å². The molecule has 1 amide bonds. The number of aromatic nitrogens is 2. The normalized spacial score (nSPS) is 16.4. The van der Waals surface area contributed by atoms with E-state index in [-0.39, 0.29) is 12.0 Å². The number of benzene rings is 1. The van der Waals surface area contributed by atoms with Crippen molar-refractivity contribution in [2.24, 2.45) is 7.05 Å². The van der Waals surface area contributed by atoms with E-state index in [2.05, 4.69) is 16.5 Å². The Morgan fingerprint density at radius 1 is 1.43 bits per heavy atom. The van der Waals surface area contributed by atoms with Gasteiger partial charge in [0, 0.05) is 19.2 Å². The zero-order valence-electron chi connectivity index (χ0n) is 12.5. The van der Waals surface area contributed by atoms with Crippen LogP contribution in [0, 0.1) is 13.8 Å². The molecule has 0 fully saturated rings. The van der Waals surface area contributed by atoms with Crippen LogP contribution in [0.2, 0.25) is 0 Å². The second-order valence-electron chi connectivity index (χ2n) is 5.43. The third kappa shape index (κ3) is 2.51. The minimum absolute atomic E-state index is 0.00336. The van der Waals surface area contributed by atoms with Crippen molar-refractivity contribution < 1.29 is 9.53 Å². The monoisotopic (exact) mass is 285 g/mol. The first-order valence-corrected chi connectivity index (χ1v) is 7.09. The molecular weight excluding hydrogens is 266 g/mol. The molecule has 1 atom stereocenters. The van der Waals surface area contributed by atoms with Crippen LogP contribution in [0.5, 0.6) is 5.75 Å². The second-order valence-corrected chi connectivity index (χ2v) is 5.43. The molecule has 1 aromatic heterocycles. The molecule has 2 heterocycles. The summed E-state index contributed by atoms with van der Waals surface area (Å²) in [5, 5.41) is 7.22. The number of amides is 1. The van der Waals surface area contributed by atoms with Gasteiger partial charge in [-0.1, -0.05) is 18.2 Å². The molecule has 3 rings (SSSR count). The number of carbonyl (C=O) groups excluding carboxylic acids is 1. The summed E-state index contributed by atoms with van der Waals surface area (Å²) in [5.74, 6) is 0.836. The minimum atomic E-state index is -0.0855. The number of aryl methyl sites for hydroxylation is 2. The number of fused-ring (bicyclic) bond motifs is 1. The molecule has 0 spiro atoms. The van der Waals surface area contributed by atoms with Gasteiger partial charge in [-0.25, -0.2) is 0 Å². The molecular formula is C16H19N3O2. The Balaban J connectivity index is 1.63. The van der Waals surface area contributed by atoms with Crippen molar-refractivity contribution in [3.05, 3.63) is 46.8 Å². The number of nitrogens with one attached hydrogen (secondary N) is 1. The van der Waals surface area contributed by atoms with E-state index < -0.39 is 0 Å². The fourth-order valence-corrected chi connectivity index (χ4v) is 2.76. The lowest BCUT2D eigenvalue weighted by atomic mass is 10.1. The number of hydrogen-bond donors (Lipinski definition) is 1. The summed E-state index contributed by atoms with van der Waals surface area (Å²) in [6.07, 6.45) is 0.838. The van der Waals surface area contributed by atoms with Crippen molar-refractivity contribution in [2.45, 2.75) is 26.4 Å². The Kier molecular flexibility index (Phi) is 3.41. The molecule has 2 aromatic rings. The molecule has 110 valence electrons. The number of para-hydroxylation sites is 1. The van der Waals surface area contributed by atoms with Gasteiger partial charge in [0.25, 0.3) is 5.91 Å². The first-order chi connectivity index (χ1) is 10.1.